The standard InChI is InChI=1S/C19H19FN2O3/c20-14-8-9-15(16(21)12-14)19(24)25-17(13-6-2-1-3-7-13)18(23)22-10-4-5-11-22/h1-3,6-9,12,17H,4-5,10-11,21H2/t17-/m1/s1. The number of nitrogens with zero attached hydrogens (tertiary/aromatic N) is 1. The van der Waals surface area contributed by atoms with Crippen molar-refractivity contribution in [2.24, 2.45) is 0 Å². The molecule has 0 saturated carbocycles. The summed E-state index contributed by atoms with van der Waals surface area (Å²) in [4.78, 5) is 27.0. The van der Waals surface area contributed by atoms with Crippen molar-refractivity contribution in [2.75, 3.05) is 18.8 Å². The summed E-state index contributed by atoms with van der Waals surface area (Å²) in [6.07, 6.45) is 0.828. The van der Waals surface area contributed by atoms with Gasteiger partial charge in [0.1, 0.15) is 5.82 Å². The van der Waals surface area contributed by atoms with Crippen molar-refractivity contribution < 1.29 is 18.7 Å². The number of ether oxygens (including phenoxy) is 1. The Labute approximate surface area is 145 Å². The van der Waals surface area contributed by atoms with Crippen LogP contribution in [0.2, 0.25) is 0 Å². The maximum absolute atomic E-state index is 13.2. The van der Waals surface area contributed by atoms with Crippen LogP contribution in [0.1, 0.15) is 34.9 Å². The molecule has 5 nitrogen and oxygen atoms in total. The van der Waals surface area contributed by atoms with E-state index in [-0.39, 0.29) is 17.2 Å². The van der Waals surface area contributed by atoms with Gasteiger partial charge in [0.2, 0.25) is 6.10 Å². The highest BCUT2D eigenvalue weighted by atomic mass is 19.1. The van der Waals surface area contributed by atoms with E-state index in [1.165, 1.54) is 6.07 Å². The van der Waals surface area contributed by atoms with Crippen LogP contribution in [0.15, 0.2) is 48.5 Å². The Kier molecular flexibility index (Phi) is 4.97. The van der Waals surface area contributed by atoms with Crippen LogP contribution in [0.25, 0.3) is 0 Å². The highest BCUT2D eigenvalue weighted by Gasteiger charge is 2.31. The molecule has 0 bridgehead atoms. The molecule has 1 atom stereocenters. The van der Waals surface area contributed by atoms with E-state index >= 15 is 0 Å². The molecule has 0 spiro atoms. The third-order valence-electron chi connectivity index (χ3n) is 4.20. The van der Waals surface area contributed by atoms with E-state index in [1.807, 2.05) is 6.07 Å². The lowest BCUT2D eigenvalue weighted by molar-refractivity contribution is -0.140. The van der Waals surface area contributed by atoms with Crippen molar-refractivity contribution in [3.8, 4) is 0 Å². The molecule has 130 valence electrons. The molecule has 6 heteroatoms. The molecule has 1 fully saturated rings. The van der Waals surface area contributed by atoms with Crippen molar-refractivity contribution in [3.05, 3.63) is 65.5 Å². The van der Waals surface area contributed by atoms with Crippen molar-refractivity contribution in [1.29, 1.82) is 0 Å². The number of carbonyl (C=O) groups excluding carboxylic acids is 2. The van der Waals surface area contributed by atoms with E-state index in [2.05, 4.69) is 0 Å². The summed E-state index contributed by atoms with van der Waals surface area (Å²) in [7, 11) is 0. The zero-order chi connectivity index (χ0) is 17.8. The molecule has 1 aliphatic heterocycles. The molecule has 2 N–H and O–H groups in total. The second-order valence-corrected chi connectivity index (χ2v) is 5.96. The predicted octanol–water partition coefficient (Wildman–Crippen LogP) is 2.93. The highest BCUT2D eigenvalue weighted by Crippen LogP contribution is 2.25. The summed E-state index contributed by atoms with van der Waals surface area (Å²) in [5.74, 6) is -1.54. The summed E-state index contributed by atoms with van der Waals surface area (Å²) in [6.45, 7) is 1.30. The van der Waals surface area contributed by atoms with E-state index in [0.29, 0.717) is 18.7 Å². The molecule has 2 aromatic carbocycles. The van der Waals surface area contributed by atoms with Gasteiger partial charge in [-0.1, -0.05) is 30.3 Å². The molecule has 0 radical (unpaired) electrons. The number of amides is 1. The van der Waals surface area contributed by atoms with Crippen LogP contribution >= 0.6 is 0 Å². The molecule has 0 unspecified atom stereocenters. The van der Waals surface area contributed by atoms with Crippen LogP contribution in [0, 0.1) is 5.82 Å². The Bertz CT molecular complexity index is 773. The van der Waals surface area contributed by atoms with Gasteiger partial charge in [-0.2, -0.15) is 0 Å². The molecule has 1 heterocycles. The van der Waals surface area contributed by atoms with Gasteiger partial charge in [0, 0.05) is 24.3 Å². The van der Waals surface area contributed by atoms with Crippen LogP contribution in [0.3, 0.4) is 0 Å². The number of rotatable bonds is 4. The van der Waals surface area contributed by atoms with Crippen LogP contribution < -0.4 is 5.73 Å². The van der Waals surface area contributed by atoms with E-state index in [0.717, 1.165) is 25.0 Å². The van der Waals surface area contributed by atoms with Gasteiger partial charge >= 0.3 is 5.97 Å². The minimum atomic E-state index is -1.05. The zero-order valence-corrected chi connectivity index (χ0v) is 13.7. The lowest BCUT2D eigenvalue weighted by Crippen LogP contribution is -2.35. The minimum absolute atomic E-state index is 0.0227. The average Bonchev–Trinajstić information content (AvgIpc) is 3.14. The molecule has 0 aromatic heterocycles. The molecule has 1 aliphatic rings. The summed E-state index contributed by atoms with van der Waals surface area (Å²) in [5.41, 5.74) is 6.31. The Balaban J connectivity index is 1.86. The first-order chi connectivity index (χ1) is 12.1. The molecule has 3 rings (SSSR count). The summed E-state index contributed by atoms with van der Waals surface area (Å²) in [6, 6.07) is 12.3. The smallest absolute Gasteiger partial charge is 0.341 e. The molecule has 0 aliphatic carbocycles. The van der Waals surface area contributed by atoms with Gasteiger partial charge in [-0.25, -0.2) is 9.18 Å². The number of likely N-dealkylation sites (tertiary alicyclic amines) is 1. The number of benzene rings is 2. The Morgan fingerprint density at radius 2 is 1.76 bits per heavy atom. The number of esters is 1. The van der Waals surface area contributed by atoms with Crippen LogP contribution in [0.4, 0.5) is 10.1 Å². The quantitative estimate of drug-likeness (QED) is 0.685. The number of nitrogens with two attached hydrogens (primary N) is 1. The second-order valence-electron chi connectivity index (χ2n) is 5.96. The van der Waals surface area contributed by atoms with Gasteiger partial charge in [0.25, 0.3) is 5.91 Å². The van der Waals surface area contributed by atoms with Gasteiger partial charge < -0.3 is 15.4 Å². The topological polar surface area (TPSA) is 72.6 Å². The number of anilines is 1. The van der Waals surface area contributed by atoms with Crippen molar-refractivity contribution in [2.45, 2.75) is 18.9 Å². The Morgan fingerprint density at radius 1 is 1.08 bits per heavy atom. The lowest BCUT2D eigenvalue weighted by atomic mass is 10.1. The van der Waals surface area contributed by atoms with Crippen molar-refractivity contribution >= 4 is 17.6 Å². The van der Waals surface area contributed by atoms with Crippen LogP contribution in [-0.2, 0) is 9.53 Å². The van der Waals surface area contributed by atoms with Gasteiger partial charge in [0.05, 0.1) is 5.56 Å². The number of hydrogen-bond donors (Lipinski definition) is 1. The molecule has 1 saturated heterocycles. The predicted molar refractivity (Wildman–Crippen MR) is 91.2 cm³/mol. The van der Waals surface area contributed by atoms with Crippen molar-refractivity contribution in [1.82, 2.24) is 4.90 Å². The number of hydrogen-bond acceptors (Lipinski definition) is 4. The summed E-state index contributed by atoms with van der Waals surface area (Å²) in [5, 5.41) is 0. The second kappa shape index (κ2) is 7.34. The Hall–Kier alpha value is -2.89. The SMILES string of the molecule is Nc1cc(F)ccc1C(=O)O[C@@H](C(=O)N1CCCC1)c1ccccc1. The lowest BCUT2D eigenvalue weighted by Gasteiger charge is -2.23. The monoisotopic (exact) mass is 342 g/mol. The maximum atomic E-state index is 13.2. The van der Waals surface area contributed by atoms with E-state index < -0.39 is 17.9 Å². The van der Waals surface area contributed by atoms with E-state index in [9.17, 15) is 14.0 Å². The largest absolute Gasteiger partial charge is 0.444 e. The molecule has 2 aromatic rings. The Morgan fingerprint density at radius 3 is 2.40 bits per heavy atom. The molecule has 1 amide bonds. The molecule has 25 heavy (non-hydrogen) atoms. The third kappa shape index (κ3) is 3.79. The fourth-order valence-corrected chi connectivity index (χ4v) is 2.88. The van der Waals surface area contributed by atoms with Gasteiger partial charge in [-0.05, 0) is 31.0 Å². The zero-order valence-electron chi connectivity index (χ0n) is 13.7. The first kappa shape index (κ1) is 17.0. The van der Waals surface area contributed by atoms with Crippen LogP contribution in [0.5, 0.6) is 0 Å². The number of halogens is 1. The molecular formula is C19H19FN2O3. The summed E-state index contributed by atoms with van der Waals surface area (Å²) < 4.78 is 18.7. The fourth-order valence-electron chi connectivity index (χ4n) is 2.88. The van der Waals surface area contributed by atoms with E-state index in [4.69, 9.17) is 10.5 Å². The van der Waals surface area contributed by atoms with Gasteiger partial charge in [0.15, 0.2) is 0 Å². The third-order valence-corrected chi connectivity index (χ3v) is 4.20. The minimum Gasteiger partial charge on any atom is -0.444 e. The fraction of sp³-hybridized carbons (Fsp3) is 0.263. The van der Waals surface area contributed by atoms with Gasteiger partial charge in [-0.15, -0.1) is 0 Å². The van der Waals surface area contributed by atoms with Gasteiger partial charge in [-0.3, -0.25) is 4.79 Å². The summed E-state index contributed by atoms with van der Waals surface area (Å²) >= 11 is 0. The molecular weight excluding hydrogens is 323 g/mol. The maximum Gasteiger partial charge on any atom is 0.341 e. The first-order valence-corrected chi connectivity index (χ1v) is 8.16. The highest BCUT2D eigenvalue weighted by molar-refractivity contribution is 5.97. The first-order valence-electron chi connectivity index (χ1n) is 8.16. The number of carbonyl (C=O) groups is 2. The van der Waals surface area contributed by atoms with Crippen molar-refractivity contribution in [3.63, 3.8) is 0 Å². The normalized spacial score (nSPS) is 15.0. The van der Waals surface area contributed by atoms with Crippen LogP contribution in [-0.4, -0.2) is 29.9 Å². The van der Waals surface area contributed by atoms with E-state index in [1.54, 1.807) is 29.2 Å². The average molecular weight is 342 g/mol. The number of nitrogen functional groups attached to an aromatic ring is 1.